The first-order valence-electron chi connectivity index (χ1n) is 6.61. The molecule has 1 heterocycles. The lowest BCUT2D eigenvalue weighted by Gasteiger charge is -2.19. The third-order valence-corrected chi connectivity index (χ3v) is 3.26. The predicted molar refractivity (Wildman–Crippen MR) is 83.3 cm³/mol. The topological polar surface area (TPSA) is 68.5 Å². The lowest BCUT2D eigenvalue weighted by Crippen LogP contribution is -2.19. The maximum absolute atomic E-state index is 11.7. The van der Waals surface area contributed by atoms with E-state index in [0.717, 1.165) is 0 Å². The smallest absolute Gasteiger partial charge is 0.340 e. The molecule has 2 rings (SSSR count). The molecule has 5 nitrogen and oxygen atoms in total. The van der Waals surface area contributed by atoms with E-state index in [0.29, 0.717) is 23.6 Å². The molecule has 0 fully saturated rings. The highest BCUT2D eigenvalue weighted by atomic mass is 16.5. The molecule has 1 aromatic carbocycles. The van der Waals surface area contributed by atoms with Gasteiger partial charge in [0.25, 0.3) is 0 Å². The van der Waals surface area contributed by atoms with E-state index in [4.69, 9.17) is 10.5 Å². The minimum atomic E-state index is -0.458. The number of benzene rings is 1. The fourth-order valence-corrected chi connectivity index (χ4v) is 2.00. The van der Waals surface area contributed by atoms with Crippen LogP contribution < -0.4 is 10.6 Å². The van der Waals surface area contributed by atoms with Crippen LogP contribution in [0.2, 0.25) is 0 Å². The Morgan fingerprint density at radius 2 is 2.00 bits per heavy atom. The highest BCUT2D eigenvalue weighted by Gasteiger charge is 2.13. The summed E-state index contributed by atoms with van der Waals surface area (Å²) in [4.78, 5) is 17.9. The van der Waals surface area contributed by atoms with E-state index in [1.807, 2.05) is 11.9 Å². The van der Waals surface area contributed by atoms with Crippen LogP contribution in [0.25, 0.3) is 0 Å². The van der Waals surface area contributed by atoms with E-state index in [2.05, 4.69) is 36.2 Å². The SMILES string of the molecule is COC(=O)c1cc(N(C)Cc2ccc(C)cc2)ncc1N. The molecule has 0 saturated carbocycles. The quantitative estimate of drug-likeness (QED) is 0.874. The first-order valence-corrected chi connectivity index (χ1v) is 6.61. The number of rotatable bonds is 4. The van der Waals surface area contributed by atoms with Crippen molar-refractivity contribution in [3.63, 3.8) is 0 Å². The number of nitrogen functional groups attached to an aromatic ring is 1. The molecule has 0 aliphatic carbocycles. The second-order valence-electron chi connectivity index (χ2n) is 4.96. The second-order valence-corrected chi connectivity index (χ2v) is 4.96. The first kappa shape index (κ1) is 14.8. The normalized spacial score (nSPS) is 10.2. The van der Waals surface area contributed by atoms with E-state index in [9.17, 15) is 4.79 Å². The third-order valence-electron chi connectivity index (χ3n) is 3.26. The van der Waals surface area contributed by atoms with Crippen LogP contribution in [0.3, 0.4) is 0 Å². The number of methoxy groups -OCH3 is 1. The third kappa shape index (κ3) is 3.51. The van der Waals surface area contributed by atoms with Crippen molar-refractivity contribution in [1.29, 1.82) is 0 Å². The minimum Gasteiger partial charge on any atom is -0.465 e. The van der Waals surface area contributed by atoms with Crippen molar-refractivity contribution in [2.75, 3.05) is 24.8 Å². The summed E-state index contributed by atoms with van der Waals surface area (Å²) in [5.41, 5.74) is 8.79. The van der Waals surface area contributed by atoms with Gasteiger partial charge in [0.1, 0.15) is 5.82 Å². The highest BCUT2D eigenvalue weighted by Crippen LogP contribution is 2.19. The van der Waals surface area contributed by atoms with Crippen LogP contribution in [0.5, 0.6) is 0 Å². The molecule has 0 amide bonds. The summed E-state index contributed by atoms with van der Waals surface area (Å²) in [5.74, 6) is 0.213. The monoisotopic (exact) mass is 285 g/mol. The lowest BCUT2D eigenvalue weighted by atomic mass is 10.1. The zero-order valence-corrected chi connectivity index (χ0v) is 12.5. The van der Waals surface area contributed by atoms with Gasteiger partial charge >= 0.3 is 5.97 Å². The van der Waals surface area contributed by atoms with Gasteiger partial charge in [-0.2, -0.15) is 0 Å². The van der Waals surface area contributed by atoms with E-state index in [1.165, 1.54) is 24.4 Å². The number of pyridine rings is 1. The maximum Gasteiger partial charge on any atom is 0.340 e. The Hall–Kier alpha value is -2.56. The molecule has 0 bridgehead atoms. The van der Waals surface area contributed by atoms with Gasteiger partial charge in [-0.3, -0.25) is 0 Å². The Kier molecular flexibility index (Phi) is 4.42. The number of aryl methyl sites for hydroxylation is 1. The summed E-state index contributed by atoms with van der Waals surface area (Å²) in [6, 6.07) is 9.93. The van der Waals surface area contributed by atoms with Crippen LogP contribution in [-0.2, 0) is 11.3 Å². The molecule has 5 heteroatoms. The zero-order valence-electron chi connectivity index (χ0n) is 12.5. The van der Waals surface area contributed by atoms with Crippen molar-refractivity contribution < 1.29 is 9.53 Å². The summed E-state index contributed by atoms with van der Waals surface area (Å²) < 4.78 is 4.72. The van der Waals surface area contributed by atoms with E-state index >= 15 is 0 Å². The number of ether oxygens (including phenoxy) is 1. The summed E-state index contributed by atoms with van der Waals surface area (Å²) in [5, 5.41) is 0. The van der Waals surface area contributed by atoms with Crippen LogP contribution >= 0.6 is 0 Å². The number of nitrogens with two attached hydrogens (primary N) is 1. The molecule has 1 aromatic heterocycles. The Morgan fingerprint density at radius 3 is 2.62 bits per heavy atom. The summed E-state index contributed by atoms with van der Waals surface area (Å²) in [6.07, 6.45) is 1.48. The molecule has 0 saturated heterocycles. The van der Waals surface area contributed by atoms with Crippen molar-refractivity contribution >= 4 is 17.5 Å². The van der Waals surface area contributed by atoms with Gasteiger partial charge in [0.15, 0.2) is 0 Å². The van der Waals surface area contributed by atoms with Crippen LogP contribution in [0, 0.1) is 6.92 Å². The molecule has 0 spiro atoms. The van der Waals surface area contributed by atoms with E-state index in [1.54, 1.807) is 6.07 Å². The molecule has 2 N–H and O–H groups in total. The largest absolute Gasteiger partial charge is 0.465 e. The summed E-state index contributed by atoms with van der Waals surface area (Å²) in [7, 11) is 3.25. The summed E-state index contributed by atoms with van der Waals surface area (Å²) >= 11 is 0. The van der Waals surface area contributed by atoms with Crippen LogP contribution in [0.15, 0.2) is 36.5 Å². The fraction of sp³-hybridized carbons (Fsp3) is 0.250. The zero-order chi connectivity index (χ0) is 15.4. The Morgan fingerprint density at radius 1 is 1.33 bits per heavy atom. The number of anilines is 2. The number of carbonyl (C=O) groups excluding carboxylic acids is 1. The first-order chi connectivity index (χ1) is 10.0. The van der Waals surface area contributed by atoms with Gasteiger partial charge in [-0.25, -0.2) is 9.78 Å². The number of nitrogens with zero attached hydrogens (tertiary/aromatic N) is 2. The van der Waals surface area contributed by atoms with Gasteiger partial charge in [-0.1, -0.05) is 29.8 Å². The number of esters is 1. The molecule has 21 heavy (non-hydrogen) atoms. The molecular formula is C16H19N3O2. The Balaban J connectivity index is 2.21. The number of aromatic nitrogens is 1. The van der Waals surface area contributed by atoms with Crippen molar-refractivity contribution in [3.8, 4) is 0 Å². The van der Waals surface area contributed by atoms with Crippen molar-refractivity contribution in [3.05, 3.63) is 53.2 Å². The average Bonchev–Trinajstić information content (AvgIpc) is 2.49. The van der Waals surface area contributed by atoms with Crippen molar-refractivity contribution in [2.45, 2.75) is 13.5 Å². The molecular weight excluding hydrogens is 266 g/mol. The van der Waals surface area contributed by atoms with Gasteiger partial charge in [0.2, 0.25) is 0 Å². The molecule has 2 aromatic rings. The lowest BCUT2D eigenvalue weighted by molar-refractivity contribution is 0.0602. The Bertz CT molecular complexity index is 638. The van der Waals surface area contributed by atoms with E-state index in [-0.39, 0.29) is 0 Å². The highest BCUT2D eigenvalue weighted by molar-refractivity contribution is 5.95. The molecule has 0 aliphatic heterocycles. The number of hydrogen-bond donors (Lipinski definition) is 1. The minimum absolute atomic E-state index is 0.314. The standard InChI is InChI=1S/C16H19N3O2/c1-11-4-6-12(7-5-11)10-19(2)15-8-13(16(20)21-3)14(17)9-18-15/h4-9H,10,17H2,1-3H3. The van der Waals surface area contributed by atoms with Gasteiger partial charge < -0.3 is 15.4 Å². The maximum atomic E-state index is 11.7. The van der Waals surface area contributed by atoms with Crippen molar-refractivity contribution in [2.24, 2.45) is 0 Å². The molecule has 0 aliphatic rings. The fourth-order valence-electron chi connectivity index (χ4n) is 2.00. The summed E-state index contributed by atoms with van der Waals surface area (Å²) in [6.45, 7) is 2.75. The number of carbonyl (C=O) groups is 1. The van der Waals surface area contributed by atoms with Crippen LogP contribution in [0.1, 0.15) is 21.5 Å². The Labute approximate surface area is 124 Å². The second kappa shape index (κ2) is 6.26. The van der Waals surface area contributed by atoms with Crippen molar-refractivity contribution in [1.82, 2.24) is 4.98 Å². The number of hydrogen-bond acceptors (Lipinski definition) is 5. The predicted octanol–water partition coefficient (Wildman–Crippen LogP) is 2.40. The van der Waals surface area contributed by atoms with Crippen LogP contribution in [0.4, 0.5) is 11.5 Å². The molecule has 0 unspecified atom stereocenters. The molecule has 0 radical (unpaired) electrons. The van der Waals surface area contributed by atoms with Gasteiger partial charge in [0, 0.05) is 13.6 Å². The van der Waals surface area contributed by atoms with Gasteiger partial charge in [0.05, 0.1) is 24.6 Å². The average molecular weight is 285 g/mol. The van der Waals surface area contributed by atoms with Gasteiger partial charge in [-0.15, -0.1) is 0 Å². The molecule has 110 valence electrons. The van der Waals surface area contributed by atoms with E-state index < -0.39 is 5.97 Å². The van der Waals surface area contributed by atoms with Crippen LogP contribution in [-0.4, -0.2) is 25.1 Å². The molecule has 0 atom stereocenters. The van der Waals surface area contributed by atoms with Gasteiger partial charge in [-0.05, 0) is 18.6 Å².